The second kappa shape index (κ2) is 9.68. The van der Waals surface area contributed by atoms with Crippen LogP contribution in [0.1, 0.15) is 42.9 Å². The molecule has 3 N–H and O–H groups in total. The average molecular weight is 463 g/mol. The van der Waals surface area contributed by atoms with Crippen LogP contribution in [0.15, 0.2) is 84.9 Å². The van der Waals surface area contributed by atoms with Gasteiger partial charge in [-0.1, -0.05) is 84.4 Å². The van der Waals surface area contributed by atoms with E-state index in [9.17, 15) is 9.90 Å². The molecule has 1 amide bonds. The number of piperidine rings is 1. The van der Waals surface area contributed by atoms with Crippen molar-refractivity contribution in [1.82, 2.24) is 4.90 Å². The summed E-state index contributed by atoms with van der Waals surface area (Å²) in [5.74, 6) is -0.346. The Morgan fingerprint density at radius 3 is 1.91 bits per heavy atom. The summed E-state index contributed by atoms with van der Waals surface area (Å²) in [6, 6.07) is 27.2. The van der Waals surface area contributed by atoms with Gasteiger partial charge in [-0.05, 0) is 55.0 Å². The van der Waals surface area contributed by atoms with Crippen LogP contribution in [0.5, 0.6) is 0 Å². The number of amides is 1. The molecule has 3 aromatic rings. The molecule has 0 radical (unpaired) electrons. The Labute approximate surface area is 201 Å². The van der Waals surface area contributed by atoms with E-state index >= 15 is 0 Å². The smallest absolute Gasteiger partial charge is 0.232 e. The number of benzene rings is 3. The minimum Gasteiger partial charge on any atom is -0.385 e. The molecule has 1 aliphatic rings. The van der Waals surface area contributed by atoms with E-state index in [1.165, 1.54) is 0 Å². The number of primary amides is 1. The van der Waals surface area contributed by atoms with Crippen LogP contribution in [0.3, 0.4) is 0 Å². The number of carbonyl (C=O) groups is 1. The molecule has 1 aliphatic heterocycles. The monoisotopic (exact) mass is 462 g/mol. The van der Waals surface area contributed by atoms with E-state index in [-0.39, 0.29) is 11.9 Å². The molecule has 0 aliphatic carbocycles. The van der Waals surface area contributed by atoms with Gasteiger partial charge < -0.3 is 15.7 Å². The van der Waals surface area contributed by atoms with Gasteiger partial charge in [-0.2, -0.15) is 0 Å². The first-order valence-electron chi connectivity index (χ1n) is 11.5. The minimum atomic E-state index is -0.925. The molecule has 3 aromatic carbocycles. The lowest BCUT2D eigenvalue weighted by Gasteiger charge is -2.43. The maximum atomic E-state index is 13.1. The summed E-state index contributed by atoms with van der Waals surface area (Å²) in [6.45, 7) is 3.62. The van der Waals surface area contributed by atoms with Crippen LogP contribution in [0.25, 0.3) is 0 Å². The van der Waals surface area contributed by atoms with Crippen LogP contribution >= 0.6 is 11.6 Å². The van der Waals surface area contributed by atoms with E-state index in [1.807, 2.05) is 84.9 Å². The minimum absolute atomic E-state index is 0.0904. The standard InChI is InChI=1S/C28H31ClN2O2/c1-21(31-18-16-27(33,17-19-31)22-12-14-25(29)15-13-22)20-28(26(30)32,23-8-4-2-5-9-23)24-10-6-3-7-11-24/h2-15,21,33H,16-20H2,1H3,(H2,30,32). The number of likely N-dealkylation sites (tertiary alicyclic amines) is 1. The zero-order valence-electron chi connectivity index (χ0n) is 19.0. The Bertz CT molecular complexity index is 1020. The first kappa shape index (κ1) is 23.5. The highest BCUT2D eigenvalue weighted by atomic mass is 35.5. The van der Waals surface area contributed by atoms with Crippen LogP contribution in [0.2, 0.25) is 5.02 Å². The van der Waals surface area contributed by atoms with Crippen molar-refractivity contribution in [1.29, 1.82) is 0 Å². The molecule has 0 bridgehead atoms. The molecule has 0 saturated carbocycles. The van der Waals surface area contributed by atoms with Gasteiger partial charge in [0.25, 0.3) is 0 Å². The van der Waals surface area contributed by atoms with Gasteiger partial charge >= 0.3 is 0 Å². The molecule has 172 valence electrons. The number of hydrogen-bond acceptors (Lipinski definition) is 3. The molecule has 0 aromatic heterocycles. The lowest BCUT2D eigenvalue weighted by atomic mass is 9.69. The molecule has 1 unspecified atom stereocenters. The number of aliphatic hydroxyl groups is 1. The number of hydrogen-bond donors (Lipinski definition) is 2. The second-order valence-corrected chi connectivity index (χ2v) is 9.57. The summed E-state index contributed by atoms with van der Waals surface area (Å²) in [5, 5.41) is 11.9. The quantitative estimate of drug-likeness (QED) is 0.526. The normalized spacial score (nSPS) is 17.4. The van der Waals surface area contributed by atoms with Crippen molar-refractivity contribution in [2.24, 2.45) is 5.73 Å². The third kappa shape index (κ3) is 4.70. The van der Waals surface area contributed by atoms with Gasteiger partial charge in [0.05, 0.1) is 5.60 Å². The maximum Gasteiger partial charge on any atom is 0.232 e. The van der Waals surface area contributed by atoms with Crippen LogP contribution in [-0.4, -0.2) is 35.0 Å². The summed E-state index contributed by atoms with van der Waals surface area (Å²) < 4.78 is 0. The fraction of sp³-hybridized carbons (Fsp3) is 0.321. The van der Waals surface area contributed by atoms with Crippen LogP contribution in [0.4, 0.5) is 0 Å². The van der Waals surface area contributed by atoms with Crippen molar-refractivity contribution < 1.29 is 9.90 Å². The van der Waals surface area contributed by atoms with Crippen molar-refractivity contribution in [3.63, 3.8) is 0 Å². The van der Waals surface area contributed by atoms with Crippen LogP contribution < -0.4 is 5.73 Å². The van der Waals surface area contributed by atoms with Crippen molar-refractivity contribution in [2.45, 2.75) is 43.2 Å². The Morgan fingerprint density at radius 2 is 1.45 bits per heavy atom. The summed E-state index contributed by atoms with van der Waals surface area (Å²) in [7, 11) is 0. The largest absolute Gasteiger partial charge is 0.385 e. The van der Waals surface area contributed by atoms with Crippen LogP contribution in [-0.2, 0) is 15.8 Å². The highest BCUT2D eigenvalue weighted by molar-refractivity contribution is 6.30. The molecule has 5 heteroatoms. The third-order valence-electron chi connectivity index (χ3n) is 7.19. The number of halogens is 1. The zero-order valence-corrected chi connectivity index (χ0v) is 19.7. The molecular weight excluding hydrogens is 432 g/mol. The fourth-order valence-corrected chi connectivity index (χ4v) is 5.31. The SMILES string of the molecule is CC(CC(C(N)=O)(c1ccccc1)c1ccccc1)N1CCC(O)(c2ccc(Cl)cc2)CC1. The predicted octanol–water partition coefficient (Wildman–Crippen LogP) is 4.87. The lowest BCUT2D eigenvalue weighted by Crippen LogP contribution is -2.51. The third-order valence-corrected chi connectivity index (χ3v) is 7.44. The highest BCUT2D eigenvalue weighted by Gasteiger charge is 2.43. The van der Waals surface area contributed by atoms with E-state index in [0.29, 0.717) is 24.3 Å². The van der Waals surface area contributed by atoms with Gasteiger partial charge in [-0.3, -0.25) is 4.79 Å². The number of carbonyl (C=O) groups excluding carboxylic acids is 1. The number of rotatable bonds is 7. The first-order chi connectivity index (χ1) is 15.8. The number of nitrogens with zero attached hydrogens (tertiary/aromatic N) is 1. The fourth-order valence-electron chi connectivity index (χ4n) is 5.19. The van der Waals surface area contributed by atoms with Gasteiger partial charge in [0.15, 0.2) is 0 Å². The van der Waals surface area contributed by atoms with Crippen molar-refractivity contribution in [3.05, 3.63) is 107 Å². The van der Waals surface area contributed by atoms with Crippen molar-refractivity contribution in [3.8, 4) is 0 Å². The molecule has 0 spiro atoms. The number of nitrogens with two attached hydrogens (primary N) is 1. The second-order valence-electron chi connectivity index (χ2n) is 9.13. The molecular formula is C28H31ClN2O2. The van der Waals surface area contributed by atoms with E-state index in [0.717, 1.165) is 29.8 Å². The first-order valence-corrected chi connectivity index (χ1v) is 11.9. The summed E-state index contributed by atoms with van der Waals surface area (Å²) >= 11 is 6.02. The Morgan fingerprint density at radius 1 is 0.970 bits per heavy atom. The predicted molar refractivity (Wildman–Crippen MR) is 133 cm³/mol. The molecule has 33 heavy (non-hydrogen) atoms. The Kier molecular flexibility index (Phi) is 6.89. The summed E-state index contributed by atoms with van der Waals surface area (Å²) in [4.78, 5) is 15.5. The Balaban J connectivity index is 1.58. The van der Waals surface area contributed by atoms with E-state index in [4.69, 9.17) is 17.3 Å². The van der Waals surface area contributed by atoms with Gasteiger partial charge in [0.2, 0.25) is 5.91 Å². The Hall–Kier alpha value is -2.66. The average Bonchev–Trinajstić information content (AvgIpc) is 2.84. The van der Waals surface area contributed by atoms with Crippen molar-refractivity contribution >= 4 is 17.5 Å². The maximum absolute atomic E-state index is 13.1. The summed E-state index contributed by atoms with van der Waals surface area (Å²) in [5.41, 5.74) is 7.07. The summed E-state index contributed by atoms with van der Waals surface area (Å²) in [6.07, 6.45) is 1.81. The molecule has 1 heterocycles. The van der Waals surface area contributed by atoms with Gasteiger partial charge in [0, 0.05) is 24.2 Å². The molecule has 1 saturated heterocycles. The van der Waals surface area contributed by atoms with Gasteiger partial charge in [-0.15, -0.1) is 0 Å². The van der Waals surface area contributed by atoms with Gasteiger partial charge in [-0.25, -0.2) is 0 Å². The molecule has 4 rings (SSSR count). The lowest BCUT2D eigenvalue weighted by molar-refractivity contribution is -0.123. The van der Waals surface area contributed by atoms with Crippen LogP contribution in [0, 0.1) is 0 Å². The van der Waals surface area contributed by atoms with E-state index in [1.54, 1.807) is 0 Å². The molecule has 4 nitrogen and oxygen atoms in total. The topological polar surface area (TPSA) is 66.6 Å². The highest BCUT2D eigenvalue weighted by Crippen LogP contribution is 2.40. The molecule has 1 atom stereocenters. The molecule has 1 fully saturated rings. The van der Waals surface area contributed by atoms with Gasteiger partial charge in [0.1, 0.15) is 5.41 Å². The van der Waals surface area contributed by atoms with E-state index in [2.05, 4.69) is 11.8 Å². The van der Waals surface area contributed by atoms with Crippen molar-refractivity contribution in [2.75, 3.05) is 13.1 Å². The zero-order chi connectivity index (χ0) is 23.5. The van der Waals surface area contributed by atoms with E-state index < -0.39 is 11.0 Å².